The fourth-order valence-electron chi connectivity index (χ4n) is 1.08. The van der Waals surface area contributed by atoms with Crippen LogP contribution in [0.4, 0.5) is 0 Å². The largest absolute Gasteiger partial charge is 0.393 e. The van der Waals surface area contributed by atoms with Crippen molar-refractivity contribution in [3.63, 3.8) is 0 Å². The van der Waals surface area contributed by atoms with E-state index in [0.29, 0.717) is 0 Å². The van der Waals surface area contributed by atoms with E-state index in [0.717, 1.165) is 12.8 Å². The van der Waals surface area contributed by atoms with Gasteiger partial charge in [0.2, 0.25) is 0 Å². The minimum absolute atomic E-state index is 0. The molecule has 0 spiro atoms. The van der Waals surface area contributed by atoms with E-state index in [1.165, 1.54) is 19.3 Å². The Hall–Kier alpha value is 0.503. The van der Waals surface area contributed by atoms with Crippen molar-refractivity contribution in [3.05, 3.63) is 0 Å². The summed E-state index contributed by atoms with van der Waals surface area (Å²) in [5.41, 5.74) is 0. The van der Waals surface area contributed by atoms with E-state index in [4.69, 9.17) is 5.11 Å². The normalized spacial score (nSPS) is 22.1. The molecule has 1 nitrogen and oxygen atoms in total. The van der Waals surface area contributed by atoms with E-state index in [-0.39, 0.29) is 23.7 Å². The molecular formula is C6H12GeO. The smallest absolute Gasteiger partial charge is 0.0540 e. The van der Waals surface area contributed by atoms with Crippen molar-refractivity contribution in [1.29, 1.82) is 0 Å². The second-order valence-corrected chi connectivity index (χ2v) is 2.29. The minimum atomic E-state index is 0. The van der Waals surface area contributed by atoms with Crippen molar-refractivity contribution < 1.29 is 5.11 Å². The Morgan fingerprint density at radius 2 is 1.50 bits per heavy atom. The van der Waals surface area contributed by atoms with Crippen molar-refractivity contribution in [3.8, 4) is 0 Å². The summed E-state index contributed by atoms with van der Waals surface area (Å²) in [6, 6.07) is 0. The van der Waals surface area contributed by atoms with Crippen LogP contribution in [0.1, 0.15) is 32.1 Å². The van der Waals surface area contributed by atoms with Crippen molar-refractivity contribution in [2.75, 3.05) is 0 Å². The third-order valence-corrected chi connectivity index (χ3v) is 1.57. The molecule has 0 heterocycles. The molecule has 2 heteroatoms. The van der Waals surface area contributed by atoms with E-state index in [9.17, 15) is 0 Å². The molecule has 1 aliphatic carbocycles. The van der Waals surface area contributed by atoms with Crippen LogP contribution >= 0.6 is 0 Å². The van der Waals surface area contributed by atoms with Crippen LogP contribution in [-0.4, -0.2) is 28.8 Å². The fraction of sp³-hybridized carbons (Fsp3) is 1.00. The zero-order chi connectivity index (χ0) is 5.11. The molecule has 1 aliphatic rings. The molecule has 0 aromatic heterocycles. The van der Waals surface area contributed by atoms with Crippen LogP contribution in [0.2, 0.25) is 0 Å². The summed E-state index contributed by atoms with van der Waals surface area (Å²) in [5, 5.41) is 8.91. The van der Waals surface area contributed by atoms with Gasteiger partial charge in [-0.3, -0.25) is 0 Å². The Morgan fingerprint density at radius 1 is 1.00 bits per heavy atom. The maximum atomic E-state index is 8.91. The third-order valence-electron chi connectivity index (χ3n) is 1.57. The van der Waals surface area contributed by atoms with E-state index in [2.05, 4.69) is 0 Å². The van der Waals surface area contributed by atoms with Gasteiger partial charge in [-0.05, 0) is 12.8 Å². The molecular weight excluding hydrogens is 161 g/mol. The zero-order valence-electron chi connectivity index (χ0n) is 5.06. The SMILES string of the molecule is OC1CCCCC1.[Ge]. The number of hydrogen-bond acceptors (Lipinski definition) is 1. The van der Waals surface area contributed by atoms with E-state index in [1.807, 2.05) is 0 Å². The molecule has 0 bridgehead atoms. The Morgan fingerprint density at radius 3 is 1.75 bits per heavy atom. The van der Waals surface area contributed by atoms with Gasteiger partial charge in [0.25, 0.3) is 0 Å². The molecule has 0 unspecified atom stereocenters. The summed E-state index contributed by atoms with van der Waals surface area (Å²) in [5.74, 6) is 0. The number of hydrogen-bond donors (Lipinski definition) is 1. The van der Waals surface area contributed by atoms with Crippen LogP contribution in [0, 0.1) is 0 Å². The van der Waals surface area contributed by atoms with Gasteiger partial charge in [-0.25, -0.2) is 0 Å². The molecule has 0 saturated heterocycles. The third kappa shape index (κ3) is 2.72. The van der Waals surface area contributed by atoms with Crippen molar-refractivity contribution >= 4 is 17.6 Å². The minimum Gasteiger partial charge on any atom is -0.393 e. The maximum absolute atomic E-state index is 8.91. The average molecular weight is 173 g/mol. The van der Waals surface area contributed by atoms with Crippen molar-refractivity contribution in [1.82, 2.24) is 0 Å². The quantitative estimate of drug-likeness (QED) is 0.540. The predicted octanol–water partition coefficient (Wildman–Crippen LogP) is 0.931. The summed E-state index contributed by atoms with van der Waals surface area (Å²) in [6.07, 6.45) is 5.92. The number of rotatable bonds is 0. The van der Waals surface area contributed by atoms with Gasteiger partial charge in [0.15, 0.2) is 0 Å². The number of aliphatic hydroxyl groups is 1. The first-order chi connectivity index (χ1) is 3.39. The Bertz CT molecular complexity index is 50.5. The molecule has 0 amide bonds. The second-order valence-electron chi connectivity index (χ2n) is 2.29. The maximum Gasteiger partial charge on any atom is 0.0540 e. The first kappa shape index (κ1) is 8.50. The number of aliphatic hydroxyl groups excluding tert-OH is 1. The van der Waals surface area contributed by atoms with E-state index in [1.54, 1.807) is 0 Å². The topological polar surface area (TPSA) is 20.2 Å². The molecule has 1 fully saturated rings. The molecule has 0 aliphatic heterocycles. The Labute approximate surface area is 61.4 Å². The molecule has 1 N–H and O–H groups in total. The average Bonchev–Trinajstić information content (AvgIpc) is 1.69. The molecule has 1 rings (SSSR count). The molecule has 8 heavy (non-hydrogen) atoms. The van der Waals surface area contributed by atoms with Crippen LogP contribution in [0.15, 0.2) is 0 Å². The Kier molecular flexibility index (Phi) is 4.66. The summed E-state index contributed by atoms with van der Waals surface area (Å²) < 4.78 is 0. The van der Waals surface area contributed by atoms with Gasteiger partial charge < -0.3 is 5.11 Å². The van der Waals surface area contributed by atoms with Gasteiger partial charge in [0, 0.05) is 17.6 Å². The van der Waals surface area contributed by atoms with Crippen LogP contribution in [0.25, 0.3) is 0 Å². The summed E-state index contributed by atoms with van der Waals surface area (Å²) in [7, 11) is 0. The second kappa shape index (κ2) is 4.39. The molecule has 0 atom stereocenters. The fourth-order valence-corrected chi connectivity index (χ4v) is 1.08. The van der Waals surface area contributed by atoms with E-state index >= 15 is 0 Å². The molecule has 4 radical (unpaired) electrons. The van der Waals surface area contributed by atoms with Crippen LogP contribution in [0.3, 0.4) is 0 Å². The van der Waals surface area contributed by atoms with Crippen LogP contribution in [-0.2, 0) is 0 Å². The summed E-state index contributed by atoms with van der Waals surface area (Å²) >= 11 is 0. The van der Waals surface area contributed by atoms with Gasteiger partial charge in [0.1, 0.15) is 0 Å². The standard InChI is InChI=1S/C6H12O.Ge/c7-6-4-2-1-3-5-6;/h6-7H,1-5H2;. The van der Waals surface area contributed by atoms with Gasteiger partial charge in [-0.2, -0.15) is 0 Å². The van der Waals surface area contributed by atoms with E-state index < -0.39 is 0 Å². The van der Waals surface area contributed by atoms with Gasteiger partial charge in [-0.1, -0.05) is 19.3 Å². The van der Waals surface area contributed by atoms with Gasteiger partial charge >= 0.3 is 0 Å². The first-order valence-corrected chi connectivity index (χ1v) is 3.07. The Balaban J connectivity index is 0.000000490. The first-order valence-electron chi connectivity index (χ1n) is 3.07. The van der Waals surface area contributed by atoms with Crippen molar-refractivity contribution in [2.45, 2.75) is 38.2 Å². The molecule has 46 valence electrons. The molecule has 1 saturated carbocycles. The molecule has 0 aromatic rings. The zero-order valence-corrected chi connectivity index (χ0v) is 7.16. The van der Waals surface area contributed by atoms with Crippen LogP contribution < -0.4 is 0 Å². The van der Waals surface area contributed by atoms with Crippen LogP contribution in [0.5, 0.6) is 0 Å². The van der Waals surface area contributed by atoms with Gasteiger partial charge in [-0.15, -0.1) is 0 Å². The van der Waals surface area contributed by atoms with Crippen molar-refractivity contribution in [2.24, 2.45) is 0 Å². The monoisotopic (exact) mass is 174 g/mol. The summed E-state index contributed by atoms with van der Waals surface area (Å²) in [6.45, 7) is 0. The van der Waals surface area contributed by atoms with Gasteiger partial charge in [0.05, 0.1) is 6.10 Å². The molecule has 0 aromatic carbocycles. The summed E-state index contributed by atoms with van der Waals surface area (Å²) in [4.78, 5) is 0. The predicted molar refractivity (Wildman–Crippen MR) is 34.8 cm³/mol.